The molecule has 0 aromatic heterocycles. The number of rotatable bonds is 9. The van der Waals surface area contributed by atoms with Crippen molar-refractivity contribution in [2.75, 3.05) is 26.3 Å². The van der Waals surface area contributed by atoms with Gasteiger partial charge in [-0.25, -0.2) is 8.78 Å². The standard InChI is InChI=1S/C18H20BrF2NO3/c19-14-8-16(20)18(17(21)9-14)25-12-15(24)11-22(6-7-23)10-13-4-2-1-3-5-13/h1-5,8-9,15,23-24H,6-7,10-12H2/p+1/t15-/m0/s1. The van der Waals surface area contributed by atoms with Gasteiger partial charge < -0.3 is 19.8 Å². The van der Waals surface area contributed by atoms with E-state index in [9.17, 15) is 19.0 Å². The molecule has 136 valence electrons. The topological polar surface area (TPSA) is 54.1 Å². The first-order valence-electron chi connectivity index (χ1n) is 7.93. The summed E-state index contributed by atoms with van der Waals surface area (Å²) < 4.78 is 32.8. The summed E-state index contributed by atoms with van der Waals surface area (Å²) in [7, 11) is 0. The monoisotopic (exact) mass is 416 g/mol. The second-order valence-electron chi connectivity index (χ2n) is 5.75. The molecule has 0 aliphatic rings. The lowest BCUT2D eigenvalue weighted by atomic mass is 10.2. The van der Waals surface area contributed by atoms with Gasteiger partial charge in [-0.05, 0) is 12.1 Å². The summed E-state index contributed by atoms with van der Waals surface area (Å²) in [4.78, 5) is 0.946. The maximum absolute atomic E-state index is 13.7. The van der Waals surface area contributed by atoms with Gasteiger partial charge in [-0.3, -0.25) is 0 Å². The van der Waals surface area contributed by atoms with Crippen molar-refractivity contribution in [2.45, 2.75) is 12.6 Å². The van der Waals surface area contributed by atoms with E-state index < -0.39 is 23.5 Å². The molecule has 2 aromatic rings. The molecule has 7 heteroatoms. The van der Waals surface area contributed by atoms with E-state index in [0.29, 0.717) is 13.1 Å². The Kier molecular flexibility index (Phi) is 7.77. The predicted molar refractivity (Wildman–Crippen MR) is 93.5 cm³/mol. The molecule has 2 atom stereocenters. The highest BCUT2D eigenvalue weighted by molar-refractivity contribution is 9.10. The Morgan fingerprint density at radius 1 is 1.12 bits per heavy atom. The van der Waals surface area contributed by atoms with Crippen LogP contribution >= 0.6 is 15.9 Å². The Labute approximate surface area is 153 Å². The quantitative estimate of drug-likeness (QED) is 0.581. The largest absolute Gasteiger partial charge is 0.485 e. The molecular weight excluding hydrogens is 396 g/mol. The highest BCUT2D eigenvalue weighted by atomic mass is 79.9. The highest BCUT2D eigenvalue weighted by Gasteiger charge is 2.18. The van der Waals surface area contributed by atoms with E-state index in [4.69, 9.17) is 4.74 Å². The third-order valence-electron chi connectivity index (χ3n) is 3.67. The molecule has 0 spiro atoms. The Hall–Kier alpha value is -1.54. The molecule has 1 unspecified atom stereocenters. The number of aliphatic hydroxyl groups is 2. The third kappa shape index (κ3) is 6.36. The van der Waals surface area contributed by atoms with Crippen molar-refractivity contribution in [2.24, 2.45) is 0 Å². The fourth-order valence-electron chi connectivity index (χ4n) is 2.54. The number of aliphatic hydroxyl groups excluding tert-OH is 2. The molecule has 0 saturated carbocycles. The van der Waals surface area contributed by atoms with Crippen molar-refractivity contribution in [1.29, 1.82) is 0 Å². The first-order valence-corrected chi connectivity index (χ1v) is 8.72. The molecular formula is C18H21BrF2NO3+. The Morgan fingerprint density at radius 3 is 2.36 bits per heavy atom. The maximum Gasteiger partial charge on any atom is 0.190 e. The number of halogens is 3. The van der Waals surface area contributed by atoms with Crippen molar-refractivity contribution >= 4 is 15.9 Å². The minimum atomic E-state index is -0.923. The summed E-state index contributed by atoms with van der Waals surface area (Å²) in [6, 6.07) is 11.9. The van der Waals surface area contributed by atoms with Crippen LogP contribution in [0, 0.1) is 11.6 Å². The van der Waals surface area contributed by atoms with Gasteiger partial charge in [0.1, 0.15) is 32.3 Å². The molecule has 3 N–H and O–H groups in total. The number of hydrogen-bond donors (Lipinski definition) is 3. The van der Waals surface area contributed by atoms with E-state index >= 15 is 0 Å². The van der Waals surface area contributed by atoms with Gasteiger partial charge in [-0.2, -0.15) is 0 Å². The van der Waals surface area contributed by atoms with Crippen LogP contribution in [0.3, 0.4) is 0 Å². The van der Waals surface area contributed by atoms with Gasteiger partial charge in [0.15, 0.2) is 17.4 Å². The molecule has 0 heterocycles. The van der Waals surface area contributed by atoms with Crippen LogP contribution in [0.4, 0.5) is 8.78 Å². The first-order chi connectivity index (χ1) is 12.0. The molecule has 4 nitrogen and oxygen atoms in total. The third-order valence-corrected chi connectivity index (χ3v) is 4.13. The van der Waals surface area contributed by atoms with Gasteiger partial charge >= 0.3 is 0 Å². The number of quaternary nitrogens is 1. The van der Waals surface area contributed by atoms with Crippen LogP contribution in [0.15, 0.2) is 46.9 Å². The van der Waals surface area contributed by atoms with Crippen molar-refractivity contribution in [3.05, 3.63) is 64.1 Å². The number of ether oxygens (including phenoxy) is 1. The summed E-state index contributed by atoms with van der Waals surface area (Å²) in [5.74, 6) is -2.17. The number of benzene rings is 2. The summed E-state index contributed by atoms with van der Waals surface area (Å²) in [5.41, 5.74) is 1.07. The van der Waals surface area contributed by atoms with Crippen LogP contribution in [-0.4, -0.2) is 42.6 Å². The Balaban J connectivity index is 1.92. The minimum Gasteiger partial charge on any atom is -0.485 e. The zero-order chi connectivity index (χ0) is 18.2. The van der Waals surface area contributed by atoms with Gasteiger partial charge in [-0.1, -0.05) is 46.3 Å². The van der Waals surface area contributed by atoms with Crippen molar-refractivity contribution in [1.82, 2.24) is 0 Å². The Bertz CT molecular complexity index is 650. The highest BCUT2D eigenvalue weighted by Crippen LogP contribution is 2.25. The van der Waals surface area contributed by atoms with Crippen molar-refractivity contribution in [3.63, 3.8) is 0 Å². The molecule has 25 heavy (non-hydrogen) atoms. The van der Waals surface area contributed by atoms with E-state index in [1.54, 1.807) is 0 Å². The first kappa shape index (κ1) is 19.8. The molecule has 2 aromatic carbocycles. The Morgan fingerprint density at radius 2 is 1.76 bits per heavy atom. The smallest absolute Gasteiger partial charge is 0.190 e. The molecule has 0 aliphatic carbocycles. The molecule has 2 rings (SSSR count). The van der Waals surface area contributed by atoms with E-state index in [0.717, 1.165) is 22.6 Å². The molecule has 0 bridgehead atoms. The van der Waals surface area contributed by atoms with Gasteiger partial charge in [0, 0.05) is 10.0 Å². The van der Waals surface area contributed by atoms with E-state index in [-0.39, 0.29) is 24.2 Å². The van der Waals surface area contributed by atoms with Crippen LogP contribution in [0.2, 0.25) is 0 Å². The van der Waals surface area contributed by atoms with Gasteiger partial charge in [-0.15, -0.1) is 0 Å². The van der Waals surface area contributed by atoms with E-state index in [2.05, 4.69) is 15.9 Å². The van der Waals surface area contributed by atoms with Gasteiger partial charge in [0.25, 0.3) is 0 Å². The number of hydrogen-bond acceptors (Lipinski definition) is 3. The van der Waals surface area contributed by atoms with Crippen LogP contribution in [0.25, 0.3) is 0 Å². The average Bonchev–Trinajstić information content (AvgIpc) is 2.55. The van der Waals surface area contributed by atoms with Crippen LogP contribution in [0.5, 0.6) is 5.75 Å². The SMILES string of the molecule is OCC[NH+](Cc1ccccc1)C[C@H](O)COc1c(F)cc(Br)cc1F. The molecule has 0 aliphatic heterocycles. The maximum atomic E-state index is 13.7. The molecule has 0 fully saturated rings. The summed E-state index contributed by atoms with van der Waals surface area (Å²) in [6.07, 6.45) is -0.923. The second kappa shape index (κ2) is 9.82. The van der Waals surface area contributed by atoms with Crippen LogP contribution in [-0.2, 0) is 6.54 Å². The lowest BCUT2D eigenvalue weighted by Crippen LogP contribution is -3.12. The fraction of sp³-hybridized carbons (Fsp3) is 0.333. The zero-order valence-electron chi connectivity index (χ0n) is 13.6. The normalized spacial score (nSPS) is 13.5. The van der Waals surface area contributed by atoms with Crippen LogP contribution in [0.1, 0.15) is 5.56 Å². The predicted octanol–water partition coefficient (Wildman–Crippen LogP) is 1.54. The summed E-state index contributed by atoms with van der Waals surface area (Å²) in [5, 5.41) is 19.3. The summed E-state index contributed by atoms with van der Waals surface area (Å²) >= 11 is 3.00. The van der Waals surface area contributed by atoms with Gasteiger partial charge in [0.05, 0.1) is 6.61 Å². The minimum absolute atomic E-state index is 0.0221. The lowest BCUT2D eigenvalue weighted by molar-refractivity contribution is -0.917. The fourth-order valence-corrected chi connectivity index (χ4v) is 2.95. The molecule has 0 radical (unpaired) electrons. The van der Waals surface area contributed by atoms with E-state index in [1.165, 1.54) is 0 Å². The number of nitrogens with one attached hydrogen (secondary N) is 1. The van der Waals surface area contributed by atoms with Gasteiger partial charge in [0.2, 0.25) is 0 Å². The molecule has 0 saturated heterocycles. The van der Waals surface area contributed by atoms with E-state index in [1.807, 2.05) is 30.3 Å². The summed E-state index contributed by atoms with van der Waals surface area (Å²) in [6.45, 7) is 1.10. The van der Waals surface area contributed by atoms with Crippen LogP contribution < -0.4 is 9.64 Å². The second-order valence-corrected chi connectivity index (χ2v) is 6.67. The van der Waals surface area contributed by atoms with Crippen molar-refractivity contribution < 1.29 is 28.6 Å². The average molecular weight is 417 g/mol. The zero-order valence-corrected chi connectivity index (χ0v) is 15.2. The van der Waals surface area contributed by atoms with Crippen molar-refractivity contribution in [3.8, 4) is 5.75 Å². The lowest BCUT2D eigenvalue weighted by Gasteiger charge is -2.22. The molecule has 0 amide bonds.